The van der Waals surface area contributed by atoms with Gasteiger partial charge in [-0.1, -0.05) is 64.5 Å². The minimum absolute atomic E-state index is 0.214. The van der Waals surface area contributed by atoms with Crippen molar-refractivity contribution in [1.29, 1.82) is 0 Å². The van der Waals surface area contributed by atoms with Crippen LogP contribution in [0.3, 0.4) is 0 Å². The first kappa shape index (κ1) is 18.9. The van der Waals surface area contributed by atoms with Crippen LogP contribution >= 0.6 is 15.9 Å². The lowest BCUT2D eigenvalue weighted by Gasteiger charge is -2.29. The zero-order valence-corrected chi connectivity index (χ0v) is 17.5. The zero-order chi connectivity index (χ0) is 19.7. The van der Waals surface area contributed by atoms with E-state index in [1.807, 2.05) is 54.6 Å². The molecule has 4 rings (SSSR count). The second-order valence-corrected chi connectivity index (χ2v) is 9.23. The third-order valence-electron chi connectivity index (χ3n) is 4.75. The molecule has 0 aliphatic heterocycles. The maximum atomic E-state index is 13.6. The Morgan fingerprint density at radius 3 is 2.46 bits per heavy atom. The van der Waals surface area contributed by atoms with Crippen LogP contribution in [-0.2, 0) is 10.0 Å². The standard InChI is InChI=1S/C21H18BrN3O2S/c1-25(28(26,27)19-14-24-21-17(19)11-7-13-23-21)20(15-8-3-2-4-9-15)16-10-5-6-12-18(16)22/h2-14,20H,1H3,(H,23,24)/t20-/m0/s1. The largest absolute Gasteiger partial charge is 0.345 e. The SMILES string of the molecule is CN([C@@H](c1ccccc1)c1ccccc1Br)S(=O)(=O)c1c[nH]c2ncccc12. The summed E-state index contributed by atoms with van der Waals surface area (Å²) in [6.45, 7) is 0. The number of H-pyrrole nitrogens is 1. The molecule has 0 radical (unpaired) electrons. The van der Waals surface area contributed by atoms with Crippen molar-refractivity contribution in [3.63, 3.8) is 0 Å². The van der Waals surface area contributed by atoms with Crippen molar-refractivity contribution in [2.24, 2.45) is 0 Å². The molecule has 0 aliphatic carbocycles. The van der Waals surface area contributed by atoms with E-state index >= 15 is 0 Å². The van der Waals surface area contributed by atoms with Crippen molar-refractivity contribution < 1.29 is 8.42 Å². The van der Waals surface area contributed by atoms with Crippen LogP contribution in [0.2, 0.25) is 0 Å². The van der Waals surface area contributed by atoms with Gasteiger partial charge in [-0.05, 0) is 29.3 Å². The molecule has 0 unspecified atom stereocenters. The van der Waals surface area contributed by atoms with Gasteiger partial charge >= 0.3 is 0 Å². The first-order valence-electron chi connectivity index (χ1n) is 8.69. The number of rotatable bonds is 5. The minimum Gasteiger partial charge on any atom is -0.345 e. The maximum absolute atomic E-state index is 13.6. The molecule has 0 aliphatic rings. The number of hydrogen-bond acceptors (Lipinski definition) is 3. The Balaban J connectivity index is 1.88. The Kier molecular flexibility index (Phi) is 5.05. The van der Waals surface area contributed by atoms with E-state index in [1.54, 1.807) is 25.4 Å². The van der Waals surface area contributed by atoms with Gasteiger partial charge in [-0.3, -0.25) is 0 Å². The van der Waals surface area contributed by atoms with Crippen molar-refractivity contribution in [2.75, 3.05) is 7.05 Å². The van der Waals surface area contributed by atoms with E-state index in [9.17, 15) is 8.42 Å². The molecule has 0 amide bonds. The number of pyridine rings is 1. The molecule has 2 aromatic heterocycles. The number of sulfonamides is 1. The van der Waals surface area contributed by atoms with Gasteiger partial charge in [0.25, 0.3) is 0 Å². The summed E-state index contributed by atoms with van der Waals surface area (Å²) in [6.07, 6.45) is 3.14. The van der Waals surface area contributed by atoms with Crippen LogP contribution in [0.4, 0.5) is 0 Å². The molecule has 0 saturated carbocycles. The second-order valence-electron chi connectivity index (χ2n) is 6.41. The molecular formula is C21H18BrN3O2S. The number of nitrogens with one attached hydrogen (secondary N) is 1. The Labute approximate surface area is 172 Å². The van der Waals surface area contributed by atoms with Gasteiger partial charge < -0.3 is 4.98 Å². The van der Waals surface area contributed by atoms with Gasteiger partial charge in [0.1, 0.15) is 10.5 Å². The van der Waals surface area contributed by atoms with E-state index in [2.05, 4.69) is 25.9 Å². The second kappa shape index (κ2) is 7.50. The van der Waals surface area contributed by atoms with Gasteiger partial charge in [-0.2, -0.15) is 4.31 Å². The zero-order valence-electron chi connectivity index (χ0n) is 15.1. The van der Waals surface area contributed by atoms with E-state index in [-0.39, 0.29) is 4.90 Å². The monoisotopic (exact) mass is 455 g/mol. The predicted octanol–water partition coefficient (Wildman–Crippen LogP) is 4.74. The summed E-state index contributed by atoms with van der Waals surface area (Å²) in [7, 11) is -2.18. The van der Waals surface area contributed by atoms with Gasteiger partial charge in [0.15, 0.2) is 0 Å². The Bertz CT molecular complexity index is 1220. The van der Waals surface area contributed by atoms with Gasteiger partial charge in [-0.25, -0.2) is 13.4 Å². The van der Waals surface area contributed by atoms with Crippen molar-refractivity contribution >= 4 is 37.0 Å². The van der Waals surface area contributed by atoms with Crippen molar-refractivity contribution in [2.45, 2.75) is 10.9 Å². The predicted molar refractivity (Wildman–Crippen MR) is 113 cm³/mol. The van der Waals surface area contributed by atoms with Crippen LogP contribution in [0.1, 0.15) is 17.2 Å². The summed E-state index contributed by atoms with van der Waals surface area (Å²) in [6, 6.07) is 20.3. The molecule has 0 saturated heterocycles. The molecule has 5 nitrogen and oxygen atoms in total. The Morgan fingerprint density at radius 1 is 1.00 bits per heavy atom. The van der Waals surface area contributed by atoms with Gasteiger partial charge in [0, 0.05) is 29.3 Å². The van der Waals surface area contributed by atoms with E-state index in [1.165, 1.54) is 10.5 Å². The highest BCUT2D eigenvalue weighted by atomic mass is 79.9. The number of hydrogen-bond donors (Lipinski definition) is 1. The van der Waals surface area contributed by atoms with Gasteiger partial charge in [-0.15, -0.1) is 0 Å². The molecule has 1 N–H and O–H groups in total. The number of aromatic nitrogens is 2. The lowest BCUT2D eigenvalue weighted by molar-refractivity contribution is 0.417. The molecule has 28 heavy (non-hydrogen) atoms. The number of benzene rings is 2. The van der Waals surface area contributed by atoms with Crippen LogP contribution in [0.15, 0.2) is 88.5 Å². The summed E-state index contributed by atoms with van der Waals surface area (Å²) in [5, 5.41) is 0.577. The first-order chi connectivity index (χ1) is 13.5. The first-order valence-corrected chi connectivity index (χ1v) is 10.9. The average molecular weight is 456 g/mol. The minimum atomic E-state index is -3.79. The highest BCUT2D eigenvalue weighted by molar-refractivity contribution is 9.10. The molecule has 4 aromatic rings. The molecular weight excluding hydrogens is 438 g/mol. The smallest absolute Gasteiger partial charge is 0.245 e. The van der Waals surface area contributed by atoms with Crippen LogP contribution < -0.4 is 0 Å². The van der Waals surface area contributed by atoms with Crippen molar-refractivity contribution in [3.05, 3.63) is 94.7 Å². The summed E-state index contributed by atoms with van der Waals surface area (Å²) in [5.74, 6) is 0. The summed E-state index contributed by atoms with van der Waals surface area (Å²) >= 11 is 3.58. The number of halogens is 1. The molecule has 2 aromatic carbocycles. The van der Waals surface area contributed by atoms with Gasteiger partial charge in [0.2, 0.25) is 10.0 Å². The van der Waals surface area contributed by atoms with E-state index in [0.29, 0.717) is 11.0 Å². The fourth-order valence-electron chi connectivity index (χ4n) is 3.36. The fourth-order valence-corrected chi connectivity index (χ4v) is 5.33. The van der Waals surface area contributed by atoms with Crippen molar-refractivity contribution in [1.82, 2.24) is 14.3 Å². The van der Waals surface area contributed by atoms with E-state index in [4.69, 9.17) is 0 Å². The highest BCUT2D eigenvalue weighted by Gasteiger charge is 2.33. The number of nitrogens with zero attached hydrogens (tertiary/aromatic N) is 2. The van der Waals surface area contributed by atoms with E-state index in [0.717, 1.165) is 15.6 Å². The van der Waals surface area contributed by atoms with Crippen LogP contribution in [0, 0.1) is 0 Å². The molecule has 142 valence electrons. The summed E-state index contributed by atoms with van der Waals surface area (Å²) in [4.78, 5) is 7.37. The van der Waals surface area contributed by atoms with Crippen molar-refractivity contribution in [3.8, 4) is 0 Å². The number of aromatic amines is 1. The van der Waals surface area contributed by atoms with Crippen LogP contribution in [0.5, 0.6) is 0 Å². The quantitative estimate of drug-likeness (QED) is 0.472. The molecule has 0 fully saturated rings. The molecule has 0 spiro atoms. The Hall–Kier alpha value is -2.48. The number of fused-ring (bicyclic) bond motifs is 1. The lowest BCUT2D eigenvalue weighted by Crippen LogP contribution is -2.32. The molecule has 1 atom stereocenters. The third kappa shape index (κ3) is 3.26. The third-order valence-corrected chi connectivity index (χ3v) is 7.33. The summed E-state index contributed by atoms with van der Waals surface area (Å²) in [5.41, 5.74) is 2.31. The lowest BCUT2D eigenvalue weighted by atomic mass is 9.99. The Morgan fingerprint density at radius 2 is 1.71 bits per heavy atom. The van der Waals surface area contributed by atoms with E-state index < -0.39 is 16.1 Å². The molecule has 7 heteroatoms. The average Bonchev–Trinajstić information content (AvgIpc) is 3.15. The highest BCUT2D eigenvalue weighted by Crippen LogP contribution is 2.36. The fraction of sp³-hybridized carbons (Fsp3) is 0.0952. The topological polar surface area (TPSA) is 66.1 Å². The summed E-state index contributed by atoms with van der Waals surface area (Å²) < 4.78 is 29.4. The normalized spacial score (nSPS) is 13.1. The molecule has 0 bridgehead atoms. The maximum Gasteiger partial charge on any atom is 0.245 e. The molecule has 2 heterocycles. The van der Waals surface area contributed by atoms with Gasteiger partial charge in [0.05, 0.1) is 6.04 Å². The van der Waals surface area contributed by atoms with Crippen LogP contribution in [0.25, 0.3) is 11.0 Å². The van der Waals surface area contributed by atoms with Crippen LogP contribution in [-0.4, -0.2) is 29.7 Å².